The number of aliphatic hydroxyl groups is 1. The Kier molecular flexibility index (Phi) is 12.1. The third-order valence-corrected chi connectivity index (χ3v) is 8.99. The van der Waals surface area contributed by atoms with Gasteiger partial charge in [0.2, 0.25) is 17.7 Å². The van der Waals surface area contributed by atoms with Gasteiger partial charge >= 0.3 is 0 Å². The largest absolute Gasteiger partial charge is 0.393 e. The highest BCUT2D eigenvalue weighted by Crippen LogP contribution is 2.29. The van der Waals surface area contributed by atoms with Crippen molar-refractivity contribution < 1.29 is 19.5 Å². The number of hydrogen-bond acceptors (Lipinski definition) is 5. The van der Waals surface area contributed by atoms with Gasteiger partial charge in [-0.05, 0) is 62.3 Å². The molecule has 0 saturated carbocycles. The van der Waals surface area contributed by atoms with Gasteiger partial charge in [-0.1, -0.05) is 85.0 Å². The number of benzene rings is 2. The fourth-order valence-electron chi connectivity index (χ4n) is 6.02. The molecule has 246 valence electrons. The monoisotopic (exact) mass is 626 g/mol. The highest BCUT2D eigenvalue weighted by molar-refractivity contribution is 5.95. The van der Waals surface area contributed by atoms with Crippen LogP contribution >= 0.6 is 0 Å². The molecule has 0 spiro atoms. The molecule has 46 heavy (non-hydrogen) atoms. The molecule has 2 aliphatic rings. The standard InChI is InChI=1S/C38H50N4O4/c1-38(2,39)23-11-16-35(44)40(3)33(27-29-17-19-31(20-18-29)30-14-9-6-10-15-30)36(45)41(4)34(26-28-12-7-5-8-13-28)37(46)42-24-21-32(43)22-25-42/h5-19,31-34,43H,20-27,39H2,1-4H3/b16-11+/t31?,33-,34-/m1/s1. The molecule has 1 unspecified atom stereocenters. The maximum atomic E-state index is 14.5. The van der Waals surface area contributed by atoms with Gasteiger partial charge in [0.05, 0.1) is 6.10 Å². The number of nitrogens with two attached hydrogens (primary N) is 1. The van der Waals surface area contributed by atoms with Crippen LogP contribution in [-0.4, -0.2) is 88.4 Å². The molecule has 0 radical (unpaired) electrons. The van der Waals surface area contributed by atoms with Crippen molar-refractivity contribution in [1.82, 2.24) is 14.7 Å². The smallest absolute Gasteiger partial charge is 0.246 e. The average Bonchev–Trinajstić information content (AvgIpc) is 3.05. The summed E-state index contributed by atoms with van der Waals surface area (Å²) >= 11 is 0. The van der Waals surface area contributed by atoms with Crippen LogP contribution in [0.5, 0.6) is 0 Å². The molecular formula is C38H50N4O4. The molecule has 1 aliphatic carbocycles. The van der Waals surface area contributed by atoms with Gasteiger partial charge in [0.25, 0.3) is 0 Å². The number of aliphatic hydroxyl groups excluding tert-OH is 1. The zero-order chi connectivity index (χ0) is 33.3. The normalized spacial score (nSPS) is 18.6. The first-order valence-corrected chi connectivity index (χ1v) is 16.3. The number of carbonyl (C=O) groups excluding carboxylic acids is 3. The van der Waals surface area contributed by atoms with Crippen molar-refractivity contribution in [2.24, 2.45) is 5.73 Å². The van der Waals surface area contributed by atoms with Gasteiger partial charge in [0, 0.05) is 51.5 Å². The fraction of sp³-hybridized carbons (Fsp3) is 0.447. The molecule has 0 bridgehead atoms. The summed E-state index contributed by atoms with van der Waals surface area (Å²) in [5, 5.41) is 10.0. The van der Waals surface area contributed by atoms with Crippen LogP contribution in [0.2, 0.25) is 0 Å². The van der Waals surface area contributed by atoms with Crippen molar-refractivity contribution in [3.05, 3.63) is 108 Å². The van der Waals surface area contributed by atoms with Crippen molar-refractivity contribution in [2.45, 2.75) is 82.0 Å². The number of carbonyl (C=O) groups is 3. The summed E-state index contributed by atoms with van der Waals surface area (Å²) in [5.41, 5.74) is 8.79. The summed E-state index contributed by atoms with van der Waals surface area (Å²) in [6.07, 6.45) is 12.2. The van der Waals surface area contributed by atoms with Crippen LogP contribution in [0.3, 0.4) is 0 Å². The number of amides is 3. The highest BCUT2D eigenvalue weighted by atomic mass is 16.3. The lowest BCUT2D eigenvalue weighted by Gasteiger charge is -2.38. The Morgan fingerprint density at radius 3 is 2.17 bits per heavy atom. The van der Waals surface area contributed by atoms with E-state index >= 15 is 0 Å². The highest BCUT2D eigenvalue weighted by Gasteiger charge is 2.37. The number of nitrogens with zero attached hydrogens (tertiary/aromatic N) is 3. The zero-order valence-corrected chi connectivity index (χ0v) is 27.7. The van der Waals surface area contributed by atoms with Crippen LogP contribution in [-0.2, 0) is 20.8 Å². The number of rotatable bonds is 12. The van der Waals surface area contributed by atoms with E-state index in [2.05, 4.69) is 30.4 Å². The van der Waals surface area contributed by atoms with E-state index in [1.807, 2.05) is 62.4 Å². The molecule has 0 aromatic heterocycles. The molecule has 1 aliphatic heterocycles. The van der Waals surface area contributed by atoms with Crippen molar-refractivity contribution in [3.8, 4) is 0 Å². The summed E-state index contributed by atoms with van der Waals surface area (Å²) in [4.78, 5) is 46.7. The van der Waals surface area contributed by atoms with E-state index in [-0.39, 0.29) is 23.6 Å². The minimum Gasteiger partial charge on any atom is -0.393 e. The summed E-state index contributed by atoms with van der Waals surface area (Å²) in [6.45, 7) is 4.67. The number of hydrogen-bond donors (Lipinski definition) is 2. The van der Waals surface area contributed by atoms with Crippen molar-refractivity contribution in [3.63, 3.8) is 0 Å². The van der Waals surface area contributed by atoms with E-state index < -0.39 is 23.7 Å². The maximum absolute atomic E-state index is 14.5. The quantitative estimate of drug-likeness (QED) is 0.335. The van der Waals surface area contributed by atoms with E-state index in [0.717, 1.165) is 17.6 Å². The van der Waals surface area contributed by atoms with Gasteiger partial charge < -0.3 is 25.5 Å². The minimum absolute atomic E-state index is 0.146. The lowest BCUT2D eigenvalue weighted by Crippen LogP contribution is -2.57. The van der Waals surface area contributed by atoms with Crippen molar-refractivity contribution in [2.75, 3.05) is 27.2 Å². The predicted molar refractivity (Wildman–Crippen MR) is 183 cm³/mol. The molecule has 1 heterocycles. The molecule has 4 rings (SSSR count). The van der Waals surface area contributed by atoms with Gasteiger partial charge in [0.1, 0.15) is 12.1 Å². The lowest BCUT2D eigenvalue weighted by molar-refractivity contribution is -0.150. The average molecular weight is 627 g/mol. The summed E-state index contributed by atoms with van der Waals surface area (Å²) in [6, 6.07) is 18.4. The molecule has 3 amide bonds. The lowest BCUT2D eigenvalue weighted by atomic mass is 9.88. The van der Waals surface area contributed by atoms with Crippen molar-refractivity contribution >= 4 is 17.7 Å². The Morgan fingerprint density at radius 2 is 1.59 bits per heavy atom. The molecule has 1 saturated heterocycles. The SMILES string of the molecule is CN(C(=O)/C=C/CC(C)(C)N)[C@H](CC1=CCC(c2ccccc2)C=C1)C(=O)N(C)[C@H](Cc1ccccc1)C(=O)N1CCC(O)CC1. The number of allylic oxidation sites excluding steroid dienone is 3. The molecule has 3 atom stereocenters. The molecule has 1 fully saturated rings. The van der Waals surface area contributed by atoms with E-state index in [4.69, 9.17) is 5.73 Å². The molecule has 8 heteroatoms. The first-order valence-electron chi connectivity index (χ1n) is 16.3. The van der Waals surface area contributed by atoms with E-state index in [0.29, 0.717) is 45.2 Å². The van der Waals surface area contributed by atoms with Crippen LogP contribution in [0, 0.1) is 0 Å². The third-order valence-electron chi connectivity index (χ3n) is 8.99. The van der Waals surface area contributed by atoms with Crippen molar-refractivity contribution in [1.29, 1.82) is 0 Å². The maximum Gasteiger partial charge on any atom is 0.246 e. The zero-order valence-electron chi connectivity index (χ0n) is 27.7. The second-order valence-electron chi connectivity index (χ2n) is 13.4. The molecule has 2 aromatic carbocycles. The van der Waals surface area contributed by atoms with Crippen LogP contribution in [0.15, 0.2) is 96.6 Å². The van der Waals surface area contributed by atoms with Crippen LogP contribution in [0.4, 0.5) is 0 Å². The second kappa shape index (κ2) is 16.0. The van der Waals surface area contributed by atoms with Gasteiger partial charge in [-0.2, -0.15) is 0 Å². The van der Waals surface area contributed by atoms with E-state index in [1.165, 1.54) is 21.4 Å². The Hall–Kier alpha value is -4.01. The first-order chi connectivity index (χ1) is 21.9. The van der Waals surface area contributed by atoms with Crippen LogP contribution in [0.25, 0.3) is 0 Å². The first kappa shape index (κ1) is 34.9. The number of likely N-dealkylation sites (N-methyl/N-ethyl adjacent to an activating group) is 2. The third kappa shape index (κ3) is 9.74. The van der Waals surface area contributed by atoms with Crippen LogP contribution in [0.1, 0.15) is 63.0 Å². The van der Waals surface area contributed by atoms with Gasteiger partial charge in [-0.15, -0.1) is 0 Å². The van der Waals surface area contributed by atoms with E-state index in [1.54, 1.807) is 25.1 Å². The Morgan fingerprint density at radius 1 is 0.957 bits per heavy atom. The van der Waals surface area contributed by atoms with Gasteiger partial charge in [-0.3, -0.25) is 14.4 Å². The summed E-state index contributed by atoms with van der Waals surface area (Å²) in [7, 11) is 3.32. The van der Waals surface area contributed by atoms with E-state index in [9.17, 15) is 19.5 Å². The Balaban J connectivity index is 1.60. The molecule has 3 N–H and O–H groups in total. The minimum atomic E-state index is -0.827. The Bertz CT molecular complexity index is 1410. The summed E-state index contributed by atoms with van der Waals surface area (Å²) in [5.74, 6) is -0.491. The predicted octanol–water partition coefficient (Wildman–Crippen LogP) is 4.61. The molecule has 2 aromatic rings. The molecular weight excluding hydrogens is 576 g/mol. The molecule has 8 nitrogen and oxygen atoms in total. The second-order valence-corrected chi connectivity index (χ2v) is 13.4. The van der Waals surface area contributed by atoms with Gasteiger partial charge in [0.15, 0.2) is 0 Å². The topological polar surface area (TPSA) is 107 Å². The van der Waals surface area contributed by atoms with Crippen LogP contribution < -0.4 is 5.73 Å². The Labute approximate surface area is 274 Å². The summed E-state index contributed by atoms with van der Waals surface area (Å²) < 4.78 is 0. The fourth-order valence-corrected chi connectivity index (χ4v) is 6.02. The van der Waals surface area contributed by atoms with Gasteiger partial charge in [-0.25, -0.2) is 0 Å². The number of likely N-dealkylation sites (tertiary alicyclic amines) is 1. The number of piperidine rings is 1.